The van der Waals surface area contributed by atoms with Crippen molar-refractivity contribution in [1.82, 2.24) is 10.4 Å². The summed E-state index contributed by atoms with van der Waals surface area (Å²) >= 11 is 5.87. The van der Waals surface area contributed by atoms with Crippen LogP contribution in [0.15, 0.2) is 48.5 Å². The second-order valence-corrected chi connectivity index (χ2v) is 7.21. The first kappa shape index (κ1) is 18.3. The molecule has 0 bridgehead atoms. The molecule has 0 atom stereocenters. The highest BCUT2D eigenvalue weighted by molar-refractivity contribution is 6.30. The van der Waals surface area contributed by atoms with Crippen molar-refractivity contribution < 1.29 is 14.4 Å². The summed E-state index contributed by atoms with van der Waals surface area (Å²) in [7, 11) is 0. The molecule has 1 fully saturated rings. The van der Waals surface area contributed by atoms with Gasteiger partial charge in [0.15, 0.2) is 0 Å². The van der Waals surface area contributed by atoms with Gasteiger partial charge in [-0.3, -0.25) is 19.8 Å². The Kier molecular flexibility index (Phi) is 4.92. The van der Waals surface area contributed by atoms with Crippen molar-refractivity contribution in [2.24, 2.45) is 0 Å². The molecule has 2 aliphatic rings. The molecule has 0 saturated carbocycles. The van der Waals surface area contributed by atoms with Crippen molar-refractivity contribution in [3.8, 4) is 0 Å². The molecule has 0 radical (unpaired) electrons. The number of hydrogen-bond acceptors (Lipinski definition) is 4. The van der Waals surface area contributed by atoms with Gasteiger partial charge in [0.2, 0.25) is 5.91 Å². The Morgan fingerprint density at radius 3 is 2.54 bits per heavy atom. The van der Waals surface area contributed by atoms with E-state index in [1.165, 1.54) is 10.5 Å². The molecule has 4 rings (SSSR count). The lowest BCUT2D eigenvalue weighted by Gasteiger charge is -2.34. The quantitative estimate of drug-likeness (QED) is 0.849. The highest BCUT2D eigenvalue weighted by Gasteiger charge is 2.32. The molecular formula is C20H19ClN4O3. The summed E-state index contributed by atoms with van der Waals surface area (Å²) in [5.74, 6) is -0.934. The Morgan fingerprint density at radius 1 is 1.00 bits per heavy atom. The molecule has 3 amide bonds. The number of amides is 3. The maximum absolute atomic E-state index is 12.5. The second kappa shape index (κ2) is 7.52. The van der Waals surface area contributed by atoms with Crippen LogP contribution in [0.4, 0.5) is 11.4 Å². The zero-order valence-electron chi connectivity index (χ0n) is 15.1. The molecule has 7 nitrogen and oxygen atoms in total. The van der Waals surface area contributed by atoms with E-state index in [0.717, 1.165) is 23.7 Å². The predicted molar refractivity (Wildman–Crippen MR) is 106 cm³/mol. The maximum Gasteiger partial charge on any atom is 0.261 e. The van der Waals surface area contributed by atoms with Crippen LogP contribution >= 0.6 is 11.6 Å². The SMILES string of the molecule is O=C(CN1CCc2ccccc21)NN1CC(=O)N(c2ccc(Cl)cc2)CC1=O. The third kappa shape index (κ3) is 3.66. The van der Waals surface area contributed by atoms with Crippen molar-refractivity contribution in [3.05, 3.63) is 59.1 Å². The molecule has 0 aromatic heterocycles. The van der Waals surface area contributed by atoms with Crippen LogP contribution in [0, 0.1) is 0 Å². The molecule has 2 aromatic carbocycles. The molecule has 0 spiro atoms. The van der Waals surface area contributed by atoms with Crippen LogP contribution in [0.5, 0.6) is 0 Å². The van der Waals surface area contributed by atoms with E-state index in [9.17, 15) is 14.4 Å². The lowest BCUT2D eigenvalue weighted by molar-refractivity contribution is -0.145. The van der Waals surface area contributed by atoms with Gasteiger partial charge in [0.25, 0.3) is 11.8 Å². The first-order valence-electron chi connectivity index (χ1n) is 9.00. The molecule has 28 heavy (non-hydrogen) atoms. The topological polar surface area (TPSA) is 73.0 Å². The van der Waals surface area contributed by atoms with Gasteiger partial charge >= 0.3 is 0 Å². The third-order valence-electron chi connectivity index (χ3n) is 4.90. The van der Waals surface area contributed by atoms with Gasteiger partial charge in [-0.1, -0.05) is 29.8 Å². The molecule has 8 heteroatoms. The molecule has 144 valence electrons. The second-order valence-electron chi connectivity index (χ2n) is 6.77. The average Bonchev–Trinajstić information content (AvgIpc) is 3.08. The Morgan fingerprint density at radius 2 is 1.75 bits per heavy atom. The van der Waals surface area contributed by atoms with Crippen LogP contribution in [-0.4, -0.2) is 48.9 Å². The van der Waals surface area contributed by atoms with Crippen molar-refractivity contribution in [1.29, 1.82) is 0 Å². The predicted octanol–water partition coefficient (Wildman–Crippen LogP) is 1.61. The van der Waals surface area contributed by atoms with E-state index in [2.05, 4.69) is 5.43 Å². The Balaban J connectivity index is 1.37. The normalized spacial score (nSPS) is 16.4. The Bertz CT molecular complexity index is 931. The summed E-state index contributed by atoms with van der Waals surface area (Å²) in [5.41, 5.74) is 5.41. The van der Waals surface area contributed by atoms with Crippen LogP contribution in [0.3, 0.4) is 0 Å². The molecule has 1 N–H and O–H groups in total. The lowest BCUT2D eigenvalue weighted by atomic mass is 10.2. The molecular weight excluding hydrogens is 380 g/mol. The molecule has 2 heterocycles. The lowest BCUT2D eigenvalue weighted by Crippen LogP contribution is -2.60. The fourth-order valence-electron chi connectivity index (χ4n) is 3.51. The number of piperazine rings is 1. The van der Waals surface area contributed by atoms with Gasteiger partial charge in [-0.25, -0.2) is 5.01 Å². The maximum atomic E-state index is 12.5. The number of rotatable bonds is 4. The van der Waals surface area contributed by atoms with Gasteiger partial charge < -0.3 is 9.80 Å². The fraction of sp³-hybridized carbons (Fsp3) is 0.250. The summed E-state index contributed by atoms with van der Waals surface area (Å²) in [6.07, 6.45) is 0.890. The number of nitrogens with one attached hydrogen (secondary N) is 1. The van der Waals surface area contributed by atoms with Crippen molar-refractivity contribution in [2.45, 2.75) is 6.42 Å². The van der Waals surface area contributed by atoms with Crippen LogP contribution in [0.1, 0.15) is 5.56 Å². The number of carbonyl (C=O) groups is 3. The summed E-state index contributed by atoms with van der Waals surface area (Å²) < 4.78 is 0. The van der Waals surface area contributed by atoms with Crippen molar-refractivity contribution in [3.63, 3.8) is 0 Å². The van der Waals surface area contributed by atoms with E-state index >= 15 is 0 Å². The van der Waals surface area contributed by atoms with Gasteiger partial charge in [-0.05, 0) is 42.3 Å². The molecule has 0 unspecified atom stereocenters. The van der Waals surface area contributed by atoms with Gasteiger partial charge in [0.05, 0.1) is 6.54 Å². The van der Waals surface area contributed by atoms with E-state index in [1.807, 2.05) is 29.2 Å². The van der Waals surface area contributed by atoms with Crippen LogP contribution in [-0.2, 0) is 20.8 Å². The monoisotopic (exact) mass is 398 g/mol. The minimum Gasteiger partial charge on any atom is -0.362 e. The van der Waals surface area contributed by atoms with E-state index in [0.29, 0.717) is 10.7 Å². The number of fused-ring (bicyclic) bond motifs is 1. The van der Waals surface area contributed by atoms with Crippen LogP contribution < -0.4 is 15.2 Å². The largest absolute Gasteiger partial charge is 0.362 e. The number of benzene rings is 2. The summed E-state index contributed by atoms with van der Waals surface area (Å²) in [4.78, 5) is 40.7. The molecule has 0 aliphatic carbocycles. The molecule has 2 aromatic rings. The van der Waals surface area contributed by atoms with Crippen LogP contribution in [0.25, 0.3) is 0 Å². The number of nitrogens with zero attached hydrogens (tertiary/aromatic N) is 3. The van der Waals surface area contributed by atoms with Gasteiger partial charge in [0.1, 0.15) is 13.1 Å². The zero-order chi connectivity index (χ0) is 19.7. The van der Waals surface area contributed by atoms with Gasteiger partial charge in [-0.2, -0.15) is 0 Å². The van der Waals surface area contributed by atoms with E-state index in [4.69, 9.17) is 11.6 Å². The number of carbonyl (C=O) groups excluding carboxylic acids is 3. The van der Waals surface area contributed by atoms with E-state index in [1.54, 1.807) is 24.3 Å². The summed E-state index contributed by atoms with van der Waals surface area (Å²) in [6.45, 7) is 0.553. The first-order chi connectivity index (χ1) is 13.5. The summed E-state index contributed by atoms with van der Waals surface area (Å²) in [5, 5.41) is 1.65. The fourth-order valence-corrected chi connectivity index (χ4v) is 3.63. The number of hydrazine groups is 1. The van der Waals surface area contributed by atoms with E-state index in [-0.39, 0.29) is 37.4 Å². The first-order valence-corrected chi connectivity index (χ1v) is 9.38. The minimum atomic E-state index is -0.343. The number of anilines is 2. The van der Waals surface area contributed by atoms with Gasteiger partial charge in [-0.15, -0.1) is 0 Å². The standard InChI is InChI=1S/C20H19ClN4O3/c21-15-5-7-16(8-6-15)24-12-20(28)25(13-19(24)27)22-18(26)11-23-10-9-14-3-1-2-4-17(14)23/h1-8H,9-13H2,(H,22,26). The van der Waals surface area contributed by atoms with E-state index < -0.39 is 0 Å². The van der Waals surface area contributed by atoms with Crippen molar-refractivity contribution in [2.75, 3.05) is 36.0 Å². The number of halogens is 1. The highest BCUT2D eigenvalue weighted by atomic mass is 35.5. The number of para-hydroxylation sites is 1. The highest BCUT2D eigenvalue weighted by Crippen LogP contribution is 2.27. The average molecular weight is 399 g/mol. The Hall–Kier alpha value is -3.06. The summed E-state index contributed by atoms with van der Waals surface area (Å²) in [6, 6.07) is 14.6. The third-order valence-corrected chi connectivity index (χ3v) is 5.16. The van der Waals surface area contributed by atoms with Crippen molar-refractivity contribution >= 4 is 40.7 Å². The molecule has 2 aliphatic heterocycles. The smallest absolute Gasteiger partial charge is 0.261 e. The number of hydrogen-bond donors (Lipinski definition) is 1. The van der Waals surface area contributed by atoms with Crippen LogP contribution in [0.2, 0.25) is 5.02 Å². The minimum absolute atomic E-state index is 0.132. The Labute approximate surface area is 167 Å². The zero-order valence-corrected chi connectivity index (χ0v) is 15.9. The van der Waals surface area contributed by atoms with Gasteiger partial charge in [0, 0.05) is 22.9 Å². The molecule has 1 saturated heterocycles.